The van der Waals surface area contributed by atoms with Crippen molar-refractivity contribution >= 4 is 50.2 Å². The molecule has 2 aromatic carbocycles. The van der Waals surface area contributed by atoms with Crippen LogP contribution in [0, 0.1) is 33.4 Å². The van der Waals surface area contributed by atoms with Crippen LogP contribution >= 0.6 is 15.9 Å². The van der Waals surface area contributed by atoms with Gasteiger partial charge in [-0.05, 0) is 38.8 Å². The third-order valence-electron chi connectivity index (χ3n) is 7.10. The molecule has 0 unspecified atom stereocenters. The van der Waals surface area contributed by atoms with Crippen LogP contribution in [0.5, 0.6) is 0 Å². The van der Waals surface area contributed by atoms with Gasteiger partial charge in [-0.3, -0.25) is 39.6 Å². The molecule has 0 aliphatic carbocycles. The van der Waals surface area contributed by atoms with Gasteiger partial charge in [-0.1, -0.05) is 52.3 Å². The number of benzene rings is 2. The van der Waals surface area contributed by atoms with Crippen LogP contribution in [0.4, 0.5) is 49.1 Å². The Balaban J connectivity index is 0.000000313. The van der Waals surface area contributed by atoms with E-state index in [2.05, 4.69) is 40.9 Å². The zero-order valence-electron chi connectivity index (χ0n) is 27.9. The zero-order chi connectivity index (χ0) is 40.5. The molecule has 0 aliphatic rings. The van der Waals surface area contributed by atoms with Crippen LogP contribution in [0.15, 0.2) is 61.2 Å². The largest absolute Gasteiger partial charge is 0.407 e. The van der Waals surface area contributed by atoms with Crippen molar-refractivity contribution in [3.63, 3.8) is 0 Å². The number of aromatic amines is 1. The molecule has 0 spiro atoms. The molecule has 0 saturated carbocycles. The van der Waals surface area contributed by atoms with E-state index in [1.807, 2.05) is 0 Å². The van der Waals surface area contributed by atoms with E-state index in [9.17, 15) is 56.2 Å². The van der Waals surface area contributed by atoms with Gasteiger partial charge in [0.2, 0.25) is 0 Å². The van der Waals surface area contributed by atoms with E-state index in [-0.39, 0.29) is 41.1 Å². The first-order valence-corrected chi connectivity index (χ1v) is 15.4. The molecule has 53 heavy (non-hydrogen) atoms. The Morgan fingerprint density at radius 3 is 1.58 bits per heavy atom. The molecular weight excluding hydrogens is 786 g/mol. The number of alkyl halides is 7. The summed E-state index contributed by atoms with van der Waals surface area (Å²) in [4.78, 5) is 49.4. The molecule has 0 radical (unpaired) electrons. The third-order valence-corrected chi connectivity index (χ3v) is 7.54. The minimum Gasteiger partial charge on any atom is -0.298 e. The molecule has 0 atom stereocenters. The molecule has 0 fully saturated rings. The number of rotatable bonds is 9. The molecular formula is C32H27BrF6N8O6. The van der Waals surface area contributed by atoms with Crippen LogP contribution in [0.2, 0.25) is 0 Å². The van der Waals surface area contributed by atoms with Crippen molar-refractivity contribution in [1.82, 2.24) is 20.0 Å². The number of hydrogen-bond acceptors (Lipinski definition) is 8. The summed E-state index contributed by atoms with van der Waals surface area (Å²) in [6.07, 6.45) is -5.32. The summed E-state index contributed by atoms with van der Waals surface area (Å²) in [6, 6.07) is 6.40. The zero-order valence-corrected chi connectivity index (χ0v) is 29.5. The summed E-state index contributed by atoms with van der Waals surface area (Å²) in [5.41, 5.74) is -4.38. The molecule has 1 N–H and O–H groups in total. The fraction of sp³-hybridized carbons (Fsp3) is 0.312. The molecule has 2 aromatic heterocycles. The van der Waals surface area contributed by atoms with Crippen LogP contribution in [0.1, 0.15) is 49.9 Å². The van der Waals surface area contributed by atoms with Gasteiger partial charge in [0.25, 0.3) is 0 Å². The number of ketones is 2. The third kappa shape index (κ3) is 12.1. The number of H-pyrrole nitrogens is 1. The van der Waals surface area contributed by atoms with Crippen molar-refractivity contribution in [2.24, 2.45) is 0 Å². The van der Waals surface area contributed by atoms with Crippen molar-refractivity contribution in [3.8, 4) is 0 Å². The van der Waals surface area contributed by atoms with Gasteiger partial charge in [-0.15, -0.1) is 0 Å². The molecule has 2 heterocycles. The van der Waals surface area contributed by atoms with Gasteiger partial charge in [0.05, 0.1) is 44.6 Å². The predicted octanol–water partition coefficient (Wildman–Crippen LogP) is 8.77. The van der Waals surface area contributed by atoms with Crippen molar-refractivity contribution in [2.45, 2.75) is 62.8 Å². The van der Waals surface area contributed by atoms with Crippen LogP contribution in [0.3, 0.4) is 0 Å². The lowest BCUT2D eigenvalue weighted by Gasteiger charge is -2.23. The lowest BCUT2D eigenvalue weighted by atomic mass is 9.93. The summed E-state index contributed by atoms with van der Waals surface area (Å²) < 4.78 is 77.6. The van der Waals surface area contributed by atoms with Gasteiger partial charge in [-0.2, -0.15) is 36.5 Å². The van der Waals surface area contributed by atoms with E-state index < -0.39 is 60.3 Å². The Kier molecular flexibility index (Phi) is 13.9. The number of aromatic nitrogens is 4. The highest BCUT2D eigenvalue weighted by Crippen LogP contribution is 2.38. The summed E-state index contributed by atoms with van der Waals surface area (Å²) in [5.74, 6) is -0.713. The molecule has 0 saturated heterocycles. The Morgan fingerprint density at radius 2 is 1.26 bits per heavy atom. The second-order valence-electron chi connectivity index (χ2n) is 11.8. The van der Waals surface area contributed by atoms with Gasteiger partial charge in [-0.25, -0.2) is 9.69 Å². The molecule has 0 amide bonds. The average molecular weight is 814 g/mol. The Hall–Kier alpha value is -5.96. The smallest absolute Gasteiger partial charge is 0.298 e. The standard InChI is InChI=1S/C16H13F3N4O3.C13H11BrF3NO.C3H3N3O2/c1-15(2,22-9-11(8-21-22)23(25)26)14(24)7-10-4-5-13(20-3)12(6-10)16(17,18)19;1-12(2,14)11(19)7-8-4-5-10(18-3)9(6-8)13(15,16)17;7-6(8)3-1-4-5-2-3/h4-6,8-9H,7H2,1-2H3;4-6H,7H2,1-2H3;1-2H,(H,4,5). The number of nitrogens with one attached hydrogen (secondary N) is 1. The lowest BCUT2D eigenvalue weighted by Crippen LogP contribution is -2.37. The molecule has 0 aliphatic heterocycles. The minimum atomic E-state index is -4.71. The maximum atomic E-state index is 13.0. The van der Waals surface area contributed by atoms with Crippen LogP contribution < -0.4 is 0 Å². The van der Waals surface area contributed by atoms with Crippen LogP contribution in [-0.2, 0) is 40.3 Å². The van der Waals surface area contributed by atoms with E-state index >= 15 is 0 Å². The fourth-order valence-corrected chi connectivity index (χ4v) is 4.16. The number of hydrogen-bond donors (Lipinski definition) is 1. The van der Waals surface area contributed by atoms with Crippen molar-refractivity contribution in [3.05, 3.63) is 127 Å². The molecule has 14 nitrogen and oxygen atoms in total. The van der Waals surface area contributed by atoms with Gasteiger partial charge in [0, 0.05) is 12.8 Å². The highest BCUT2D eigenvalue weighted by Gasteiger charge is 2.36. The number of nitro groups is 2. The van der Waals surface area contributed by atoms with E-state index in [4.69, 9.17) is 13.1 Å². The summed E-state index contributed by atoms with van der Waals surface area (Å²) in [5, 5.41) is 30.0. The molecule has 4 rings (SSSR count). The highest BCUT2D eigenvalue weighted by atomic mass is 79.9. The summed E-state index contributed by atoms with van der Waals surface area (Å²) in [6.45, 7) is 19.7. The number of carbonyl (C=O) groups is 2. The number of carbonyl (C=O) groups excluding carboxylic acids is 2. The first-order valence-electron chi connectivity index (χ1n) is 14.6. The molecule has 21 heteroatoms. The second-order valence-corrected chi connectivity index (χ2v) is 13.7. The molecule has 4 aromatic rings. The van der Waals surface area contributed by atoms with Crippen LogP contribution in [-0.4, -0.2) is 45.7 Å². The van der Waals surface area contributed by atoms with Gasteiger partial charge in [0.1, 0.15) is 24.1 Å². The monoisotopic (exact) mass is 812 g/mol. The van der Waals surface area contributed by atoms with E-state index in [0.29, 0.717) is 0 Å². The van der Waals surface area contributed by atoms with Crippen LogP contribution in [0.25, 0.3) is 9.69 Å². The van der Waals surface area contributed by atoms with Crippen molar-refractivity contribution in [2.75, 3.05) is 0 Å². The summed E-state index contributed by atoms with van der Waals surface area (Å²) >= 11 is 3.17. The van der Waals surface area contributed by atoms with Gasteiger partial charge in [0.15, 0.2) is 22.9 Å². The first kappa shape index (κ1) is 43.2. The summed E-state index contributed by atoms with van der Waals surface area (Å²) in [7, 11) is 0. The van der Waals surface area contributed by atoms with E-state index in [1.54, 1.807) is 13.8 Å². The number of Topliss-reactive ketones (excluding diaryl/α,β-unsaturated/α-hetero) is 2. The normalized spacial score (nSPS) is 11.5. The van der Waals surface area contributed by atoms with Gasteiger partial charge >= 0.3 is 23.7 Å². The first-order chi connectivity index (χ1) is 24.3. The van der Waals surface area contributed by atoms with E-state index in [0.717, 1.165) is 47.5 Å². The second kappa shape index (κ2) is 17.0. The fourth-order valence-electron chi connectivity index (χ4n) is 4.02. The maximum absolute atomic E-state index is 13.0. The lowest BCUT2D eigenvalue weighted by molar-refractivity contribution is -0.385. The highest BCUT2D eigenvalue weighted by molar-refractivity contribution is 9.10. The minimum absolute atomic E-state index is 0.00926. The maximum Gasteiger partial charge on any atom is 0.407 e. The van der Waals surface area contributed by atoms with Crippen molar-refractivity contribution in [1.29, 1.82) is 0 Å². The molecule has 280 valence electrons. The topological polar surface area (TPSA) is 176 Å². The Labute approximate surface area is 304 Å². The molecule has 0 bridgehead atoms. The quantitative estimate of drug-likeness (QED) is 0.0574. The predicted molar refractivity (Wildman–Crippen MR) is 179 cm³/mol. The van der Waals surface area contributed by atoms with E-state index in [1.165, 1.54) is 32.2 Å². The van der Waals surface area contributed by atoms with Crippen molar-refractivity contribution < 1.29 is 45.8 Å². The average Bonchev–Trinajstić information content (AvgIpc) is 3.78. The number of nitrogens with zero attached hydrogens (tertiary/aromatic N) is 7. The SMILES string of the molecule is O=[N+]([O-])c1cn[nH]c1.[C-]#[N+]c1ccc(CC(=O)C(C)(C)Br)cc1C(F)(F)F.[C-]#[N+]c1ccc(CC(=O)C(C)(C)n2cc([N+](=O)[O-])cn2)cc1C(F)(F)F. The Morgan fingerprint density at radius 1 is 0.811 bits per heavy atom. The Bertz CT molecular complexity index is 2060. The number of halogens is 7. The van der Waals surface area contributed by atoms with Gasteiger partial charge < -0.3 is 0 Å².